The van der Waals surface area contributed by atoms with Gasteiger partial charge in [0.2, 0.25) is 0 Å². The summed E-state index contributed by atoms with van der Waals surface area (Å²) >= 11 is 0. The smallest absolute Gasteiger partial charge is 0.188 e. The Balaban J connectivity index is 1.22. The molecule has 0 radical (unpaired) electrons. The summed E-state index contributed by atoms with van der Waals surface area (Å²) < 4.78 is 11.3. The molecule has 10 aromatic rings. The summed E-state index contributed by atoms with van der Waals surface area (Å²) in [6.45, 7) is 7.68. The predicted molar refractivity (Wildman–Crippen MR) is 192 cm³/mol. The van der Waals surface area contributed by atoms with Gasteiger partial charge in [0.05, 0.1) is 34.3 Å². The van der Waals surface area contributed by atoms with Gasteiger partial charge >= 0.3 is 0 Å². The summed E-state index contributed by atoms with van der Waals surface area (Å²) in [5.41, 5.74) is 11.0. The molecule has 0 aliphatic carbocycles. The Labute approximate surface area is 269 Å². The molecule has 0 amide bonds. The van der Waals surface area contributed by atoms with Gasteiger partial charge in [0.15, 0.2) is 11.3 Å². The van der Waals surface area contributed by atoms with Crippen molar-refractivity contribution in [3.63, 3.8) is 0 Å². The summed E-state index contributed by atoms with van der Waals surface area (Å²) in [5.74, 6) is 0. The molecule has 4 aromatic heterocycles. The van der Waals surface area contributed by atoms with E-state index in [9.17, 15) is 0 Å². The van der Waals surface area contributed by atoms with Crippen LogP contribution < -0.4 is 0 Å². The lowest BCUT2D eigenvalue weighted by atomic mass is 10.0. The number of aromatic nitrogens is 3. The van der Waals surface area contributed by atoms with Gasteiger partial charge in [0.25, 0.3) is 0 Å². The second-order valence-corrected chi connectivity index (χ2v) is 11.9. The second kappa shape index (κ2) is 9.68. The van der Waals surface area contributed by atoms with E-state index in [0.717, 1.165) is 77.3 Å². The van der Waals surface area contributed by atoms with Gasteiger partial charge in [0.1, 0.15) is 5.58 Å². The second-order valence-electron chi connectivity index (χ2n) is 11.9. The highest BCUT2D eigenvalue weighted by Gasteiger charge is 2.19. The number of fused-ring (bicyclic) bond motifs is 9. The summed E-state index contributed by atoms with van der Waals surface area (Å²) in [6, 6.07) is 46.5. The number of benzene rings is 6. The molecule has 0 saturated carbocycles. The van der Waals surface area contributed by atoms with Gasteiger partial charge in [-0.25, -0.2) is 4.85 Å². The van der Waals surface area contributed by atoms with E-state index in [4.69, 9.17) is 11.0 Å². The number of hydrogen-bond acceptors (Lipinski definition) is 2. The summed E-state index contributed by atoms with van der Waals surface area (Å²) in [4.78, 5) is 7.94. The van der Waals surface area contributed by atoms with E-state index < -0.39 is 0 Å². The molecule has 6 aromatic carbocycles. The number of nitrogens with zero attached hydrogens (tertiary/aromatic N) is 4. The first-order valence-corrected chi connectivity index (χ1v) is 15.6. The van der Waals surface area contributed by atoms with Crippen LogP contribution in [0.1, 0.15) is 0 Å². The zero-order valence-electron chi connectivity index (χ0n) is 25.1. The zero-order chi connectivity index (χ0) is 31.1. The van der Waals surface area contributed by atoms with Crippen molar-refractivity contribution in [1.29, 1.82) is 0 Å². The molecule has 4 heterocycles. The van der Waals surface area contributed by atoms with Crippen LogP contribution in [0.25, 0.3) is 92.9 Å². The average Bonchev–Trinajstić information content (AvgIpc) is 3.79. The molecule has 218 valence electrons. The average molecular weight is 601 g/mol. The zero-order valence-corrected chi connectivity index (χ0v) is 25.1. The molecule has 0 aliphatic rings. The van der Waals surface area contributed by atoms with E-state index in [1.807, 2.05) is 36.7 Å². The normalized spacial score (nSPS) is 11.8. The van der Waals surface area contributed by atoms with Crippen molar-refractivity contribution in [3.05, 3.63) is 157 Å². The molecule has 0 unspecified atom stereocenters. The fraction of sp³-hybridized carbons (Fsp3) is 0. The quantitative estimate of drug-likeness (QED) is 0.189. The van der Waals surface area contributed by atoms with E-state index in [2.05, 4.69) is 128 Å². The maximum Gasteiger partial charge on any atom is 0.188 e. The van der Waals surface area contributed by atoms with Crippen LogP contribution in [-0.4, -0.2) is 14.1 Å². The van der Waals surface area contributed by atoms with Gasteiger partial charge in [-0.2, -0.15) is 0 Å². The van der Waals surface area contributed by atoms with E-state index in [0.29, 0.717) is 5.69 Å². The van der Waals surface area contributed by atoms with E-state index in [1.54, 1.807) is 0 Å². The van der Waals surface area contributed by atoms with Crippen molar-refractivity contribution < 1.29 is 4.42 Å². The monoisotopic (exact) mass is 600 g/mol. The summed E-state index contributed by atoms with van der Waals surface area (Å²) in [6.07, 6.45) is 3.63. The van der Waals surface area contributed by atoms with Crippen LogP contribution >= 0.6 is 0 Å². The lowest BCUT2D eigenvalue weighted by molar-refractivity contribution is 0.666. The number of rotatable bonds is 3. The Morgan fingerprint density at radius 1 is 0.511 bits per heavy atom. The molecule has 0 saturated heterocycles. The highest BCUT2D eigenvalue weighted by atomic mass is 16.3. The standard InChI is InChI=1S/C42H24N4O/c1-43-28-14-17-39-34(24-28)33-23-27(26-19-21-44-22-20-26)13-16-38(33)45(39)29-15-18-41-35(25-29)32-9-6-12-40(42(32)47-41)46-36-10-4-2-7-30(36)31-8-3-5-11-37(31)46/h2-25H. The maximum absolute atomic E-state index is 7.68. The molecule has 0 aliphatic heterocycles. The number of hydrogen-bond donors (Lipinski definition) is 0. The largest absolute Gasteiger partial charge is 0.454 e. The van der Waals surface area contributed by atoms with Crippen LogP contribution in [0.5, 0.6) is 0 Å². The lowest BCUT2D eigenvalue weighted by Crippen LogP contribution is -1.94. The van der Waals surface area contributed by atoms with E-state index in [1.165, 1.54) is 10.8 Å². The molecule has 0 fully saturated rings. The lowest BCUT2D eigenvalue weighted by Gasteiger charge is -2.09. The van der Waals surface area contributed by atoms with Crippen LogP contribution in [0, 0.1) is 6.57 Å². The molecular weight excluding hydrogens is 576 g/mol. The summed E-state index contributed by atoms with van der Waals surface area (Å²) in [5, 5.41) is 6.72. The fourth-order valence-electron chi connectivity index (χ4n) is 7.35. The van der Waals surface area contributed by atoms with Gasteiger partial charge in [-0.1, -0.05) is 60.7 Å². The molecule has 0 bridgehead atoms. The van der Waals surface area contributed by atoms with Crippen molar-refractivity contribution >= 4 is 71.2 Å². The van der Waals surface area contributed by atoms with Crippen LogP contribution in [-0.2, 0) is 0 Å². The first-order chi connectivity index (χ1) is 23.3. The molecule has 5 nitrogen and oxygen atoms in total. The molecule has 10 rings (SSSR count). The van der Waals surface area contributed by atoms with Crippen molar-refractivity contribution in [3.8, 4) is 22.5 Å². The first-order valence-electron chi connectivity index (χ1n) is 15.6. The minimum atomic E-state index is 0.625. The van der Waals surface area contributed by atoms with E-state index in [-0.39, 0.29) is 0 Å². The molecule has 47 heavy (non-hydrogen) atoms. The Morgan fingerprint density at radius 3 is 1.96 bits per heavy atom. The number of furan rings is 1. The van der Waals surface area contributed by atoms with Gasteiger partial charge in [-0.15, -0.1) is 0 Å². The highest BCUT2D eigenvalue weighted by Crippen LogP contribution is 2.41. The van der Waals surface area contributed by atoms with Crippen molar-refractivity contribution in [2.24, 2.45) is 0 Å². The van der Waals surface area contributed by atoms with Crippen molar-refractivity contribution in [2.45, 2.75) is 0 Å². The van der Waals surface area contributed by atoms with Gasteiger partial charge in [-0.3, -0.25) is 4.98 Å². The maximum atomic E-state index is 7.68. The molecular formula is C42H24N4O. The minimum absolute atomic E-state index is 0.625. The van der Waals surface area contributed by atoms with Crippen LogP contribution in [0.4, 0.5) is 5.69 Å². The van der Waals surface area contributed by atoms with Gasteiger partial charge in [-0.05, 0) is 89.3 Å². The van der Waals surface area contributed by atoms with Crippen molar-refractivity contribution in [2.75, 3.05) is 0 Å². The minimum Gasteiger partial charge on any atom is -0.454 e. The molecule has 0 spiro atoms. The first kappa shape index (κ1) is 25.7. The predicted octanol–water partition coefficient (Wildman–Crippen LogP) is 11.4. The Bertz CT molecular complexity index is 2870. The molecule has 0 N–H and O–H groups in total. The van der Waals surface area contributed by atoms with Crippen LogP contribution in [0.2, 0.25) is 0 Å². The fourth-order valence-corrected chi connectivity index (χ4v) is 7.35. The third kappa shape index (κ3) is 3.67. The SMILES string of the molecule is [C-]#[N+]c1ccc2c(c1)c1cc(-c3ccncc3)ccc1n2-c1ccc2oc3c(-n4c5ccccc5c5ccccc54)cccc3c2c1. The number of para-hydroxylation sites is 3. The summed E-state index contributed by atoms with van der Waals surface area (Å²) in [7, 11) is 0. The Hall–Kier alpha value is -6.64. The van der Waals surface area contributed by atoms with Crippen LogP contribution in [0.15, 0.2) is 150 Å². The highest BCUT2D eigenvalue weighted by molar-refractivity contribution is 6.14. The van der Waals surface area contributed by atoms with E-state index >= 15 is 0 Å². The topological polar surface area (TPSA) is 40.2 Å². The third-order valence-electron chi connectivity index (χ3n) is 9.43. The molecule has 5 heteroatoms. The van der Waals surface area contributed by atoms with Gasteiger partial charge < -0.3 is 13.6 Å². The molecule has 0 atom stereocenters. The Kier molecular flexibility index (Phi) is 5.28. The van der Waals surface area contributed by atoms with Crippen molar-refractivity contribution in [1.82, 2.24) is 14.1 Å². The Morgan fingerprint density at radius 2 is 1.19 bits per heavy atom. The van der Waals surface area contributed by atoms with Crippen LogP contribution in [0.3, 0.4) is 0 Å². The number of pyridine rings is 1. The third-order valence-corrected chi connectivity index (χ3v) is 9.43. The van der Waals surface area contributed by atoms with Gasteiger partial charge in [0, 0.05) is 45.0 Å².